The fourth-order valence-corrected chi connectivity index (χ4v) is 9.09. The van der Waals surface area contributed by atoms with Crippen molar-refractivity contribution < 1.29 is 4.74 Å². The molecule has 0 radical (unpaired) electrons. The minimum atomic E-state index is -0.138. The van der Waals surface area contributed by atoms with Gasteiger partial charge < -0.3 is 9.64 Å². The van der Waals surface area contributed by atoms with Crippen molar-refractivity contribution >= 4 is 38.8 Å². The summed E-state index contributed by atoms with van der Waals surface area (Å²) in [6, 6.07) is 67.7. The van der Waals surface area contributed by atoms with Crippen LogP contribution in [0.3, 0.4) is 0 Å². The minimum absolute atomic E-state index is 0.00478. The lowest BCUT2D eigenvalue weighted by atomic mass is 9.77. The molecule has 0 bridgehead atoms. The number of anilines is 2. The summed E-state index contributed by atoms with van der Waals surface area (Å²) in [5.41, 5.74) is 11.7. The van der Waals surface area contributed by atoms with Crippen molar-refractivity contribution in [1.29, 1.82) is 0 Å². The standard InChI is InChI=1S/C55H40N2O/c1-3-12-37(13-4-1)40-26-28-46(29-27-40)57(47-30-31-48(51(36-47)41-16-5-2-6-17-41)44-24-22-38-14-7-9-18-42(38)34-44)52-21-11-20-50-49(52)32-33-53-54(50)56-55(58-53)45-25-23-39-15-8-10-19-43(39)35-45/h1-36,49,52-54H. The fourth-order valence-electron chi connectivity index (χ4n) is 9.09. The highest BCUT2D eigenvalue weighted by atomic mass is 16.5. The molecule has 0 fully saturated rings. The predicted molar refractivity (Wildman–Crippen MR) is 242 cm³/mol. The van der Waals surface area contributed by atoms with Crippen LogP contribution in [0.15, 0.2) is 229 Å². The maximum absolute atomic E-state index is 6.60. The molecule has 3 heteroatoms. The summed E-state index contributed by atoms with van der Waals surface area (Å²) < 4.78 is 6.60. The van der Waals surface area contributed by atoms with E-state index in [2.05, 4.69) is 223 Å². The van der Waals surface area contributed by atoms with Gasteiger partial charge in [-0.3, -0.25) is 0 Å². The first-order valence-electron chi connectivity index (χ1n) is 20.2. The van der Waals surface area contributed by atoms with Crippen molar-refractivity contribution in [2.75, 3.05) is 4.90 Å². The Bertz CT molecular complexity index is 2940. The molecule has 0 N–H and O–H groups in total. The lowest BCUT2D eigenvalue weighted by molar-refractivity contribution is 0.241. The molecule has 4 unspecified atom stereocenters. The fraction of sp³-hybridized carbons (Fsp3) is 0.0727. The molecule has 276 valence electrons. The van der Waals surface area contributed by atoms with Crippen molar-refractivity contribution in [3.05, 3.63) is 230 Å². The number of nitrogens with zero attached hydrogens (tertiary/aromatic N) is 2. The van der Waals surface area contributed by atoms with E-state index in [-0.39, 0.29) is 24.1 Å². The summed E-state index contributed by atoms with van der Waals surface area (Å²) in [4.78, 5) is 7.82. The Labute approximate surface area is 339 Å². The monoisotopic (exact) mass is 744 g/mol. The molecule has 8 aromatic carbocycles. The van der Waals surface area contributed by atoms with E-state index in [1.807, 2.05) is 0 Å². The summed E-state index contributed by atoms with van der Waals surface area (Å²) >= 11 is 0. The largest absolute Gasteiger partial charge is 0.467 e. The summed E-state index contributed by atoms with van der Waals surface area (Å²) in [5.74, 6) is 0.798. The van der Waals surface area contributed by atoms with E-state index >= 15 is 0 Å². The summed E-state index contributed by atoms with van der Waals surface area (Å²) in [7, 11) is 0. The normalized spacial score (nSPS) is 19.2. The first-order chi connectivity index (χ1) is 28.7. The third kappa shape index (κ3) is 6.13. The Morgan fingerprint density at radius 2 is 1.02 bits per heavy atom. The van der Waals surface area contributed by atoms with Gasteiger partial charge >= 0.3 is 0 Å². The van der Waals surface area contributed by atoms with Crippen LogP contribution in [0, 0.1) is 5.92 Å². The molecule has 0 saturated carbocycles. The zero-order valence-electron chi connectivity index (χ0n) is 31.9. The van der Waals surface area contributed by atoms with Gasteiger partial charge in [-0.15, -0.1) is 0 Å². The highest BCUT2D eigenvalue weighted by Gasteiger charge is 2.42. The van der Waals surface area contributed by atoms with Crippen molar-refractivity contribution in [2.24, 2.45) is 10.9 Å². The quantitative estimate of drug-likeness (QED) is 0.152. The highest BCUT2D eigenvalue weighted by Crippen LogP contribution is 2.45. The zero-order valence-corrected chi connectivity index (χ0v) is 31.9. The Balaban J connectivity index is 1.02. The van der Waals surface area contributed by atoms with Gasteiger partial charge in [-0.05, 0) is 109 Å². The molecule has 3 nitrogen and oxygen atoms in total. The molecular formula is C55H40N2O. The first kappa shape index (κ1) is 34.1. The second kappa shape index (κ2) is 14.4. The molecular weight excluding hydrogens is 705 g/mol. The zero-order chi connectivity index (χ0) is 38.4. The molecule has 0 aromatic heterocycles. The lowest BCUT2D eigenvalue weighted by Crippen LogP contribution is -2.42. The van der Waals surface area contributed by atoms with Gasteiger partial charge in [-0.1, -0.05) is 170 Å². The van der Waals surface area contributed by atoms with E-state index in [1.54, 1.807) is 0 Å². The van der Waals surface area contributed by atoms with E-state index in [9.17, 15) is 0 Å². The topological polar surface area (TPSA) is 24.8 Å². The molecule has 2 aliphatic carbocycles. The molecule has 1 heterocycles. The van der Waals surface area contributed by atoms with Crippen LogP contribution in [-0.2, 0) is 4.74 Å². The number of aliphatic imine (C=N–C) groups is 1. The Hall–Kier alpha value is -7.23. The molecule has 1 aliphatic heterocycles. The van der Waals surface area contributed by atoms with Gasteiger partial charge in [0.15, 0.2) is 0 Å². The van der Waals surface area contributed by atoms with Crippen molar-refractivity contribution in [2.45, 2.75) is 18.2 Å². The highest BCUT2D eigenvalue weighted by molar-refractivity contribution is 6.00. The smallest absolute Gasteiger partial charge is 0.217 e. The number of hydrogen-bond donors (Lipinski definition) is 0. The second-order valence-corrected chi connectivity index (χ2v) is 15.4. The second-order valence-electron chi connectivity index (χ2n) is 15.4. The average molecular weight is 745 g/mol. The summed E-state index contributed by atoms with van der Waals surface area (Å²) in [6.45, 7) is 0. The van der Waals surface area contributed by atoms with E-state index in [4.69, 9.17) is 9.73 Å². The molecule has 0 spiro atoms. The molecule has 8 aromatic rings. The average Bonchev–Trinajstić information content (AvgIpc) is 3.75. The van der Waals surface area contributed by atoms with Crippen molar-refractivity contribution in [1.82, 2.24) is 0 Å². The van der Waals surface area contributed by atoms with Gasteiger partial charge in [0, 0.05) is 22.9 Å². The van der Waals surface area contributed by atoms with E-state index in [0.717, 1.165) is 16.9 Å². The Morgan fingerprint density at radius 3 is 1.74 bits per heavy atom. The van der Waals surface area contributed by atoms with Crippen molar-refractivity contribution in [3.8, 4) is 33.4 Å². The van der Waals surface area contributed by atoms with Gasteiger partial charge in [0.05, 0.1) is 6.04 Å². The summed E-state index contributed by atoms with van der Waals surface area (Å²) in [5, 5.41) is 4.87. The van der Waals surface area contributed by atoms with Gasteiger partial charge in [-0.25, -0.2) is 4.99 Å². The minimum Gasteiger partial charge on any atom is -0.467 e. The molecule has 3 aliphatic rings. The van der Waals surface area contributed by atoms with Gasteiger partial charge in [0.1, 0.15) is 12.1 Å². The van der Waals surface area contributed by atoms with Gasteiger partial charge in [0.25, 0.3) is 0 Å². The SMILES string of the molecule is C1=CC(N(c2ccc(-c3ccccc3)cc2)c2ccc(-c3ccc4ccccc4c3)c(-c3ccccc3)c2)C2C=CC3OC(c4ccc5ccccc5c4)=NC3C2=C1. The molecule has 0 saturated heterocycles. The van der Waals surface area contributed by atoms with Crippen molar-refractivity contribution in [3.63, 3.8) is 0 Å². The first-order valence-corrected chi connectivity index (χ1v) is 20.2. The number of fused-ring (bicyclic) bond motifs is 5. The maximum Gasteiger partial charge on any atom is 0.217 e. The van der Waals surface area contributed by atoms with Crippen LogP contribution in [0.25, 0.3) is 54.9 Å². The van der Waals surface area contributed by atoms with Gasteiger partial charge in [-0.2, -0.15) is 0 Å². The molecule has 11 rings (SSSR count). The number of rotatable bonds is 7. The van der Waals surface area contributed by atoms with Crippen LogP contribution in [0.4, 0.5) is 11.4 Å². The van der Waals surface area contributed by atoms with E-state index < -0.39 is 0 Å². The van der Waals surface area contributed by atoms with E-state index in [1.165, 1.54) is 60.5 Å². The molecule has 58 heavy (non-hydrogen) atoms. The van der Waals surface area contributed by atoms with Crippen LogP contribution in [-0.4, -0.2) is 24.1 Å². The Kier molecular flexibility index (Phi) is 8.44. The number of hydrogen-bond acceptors (Lipinski definition) is 3. The Morgan fingerprint density at radius 1 is 0.431 bits per heavy atom. The third-order valence-corrected chi connectivity index (χ3v) is 12.0. The lowest BCUT2D eigenvalue weighted by Gasteiger charge is -2.41. The van der Waals surface area contributed by atoms with Crippen LogP contribution in [0.5, 0.6) is 0 Å². The predicted octanol–water partition coefficient (Wildman–Crippen LogP) is 13.4. The maximum atomic E-state index is 6.60. The number of allylic oxidation sites excluding steroid dienone is 2. The van der Waals surface area contributed by atoms with Crippen LogP contribution >= 0.6 is 0 Å². The van der Waals surface area contributed by atoms with Crippen LogP contribution in [0.1, 0.15) is 5.56 Å². The van der Waals surface area contributed by atoms with Crippen LogP contribution < -0.4 is 4.90 Å². The third-order valence-electron chi connectivity index (χ3n) is 12.0. The number of ether oxygens (including phenoxy) is 1. The molecule has 0 amide bonds. The number of benzene rings is 8. The van der Waals surface area contributed by atoms with E-state index in [0.29, 0.717) is 5.90 Å². The summed E-state index contributed by atoms with van der Waals surface area (Å²) in [6.07, 6.45) is 11.3. The molecule has 4 atom stereocenters. The van der Waals surface area contributed by atoms with Gasteiger partial charge in [0.2, 0.25) is 5.90 Å². The van der Waals surface area contributed by atoms with Crippen LogP contribution in [0.2, 0.25) is 0 Å².